The lowest BCUT2D eigenvalue weighted by Crippen LogP contribution is -2.23. The summed E-state index contributed by atoms with van der Waals surface area (Å²) in [7, 11) is 0. The normalized spacial score (nSPS) is 18.6. The van der Waals surface area contributed by atoms with Crippen molar-refractivity contribution in [2.75, 3.05) is 23.7 Å². The van der Waals surface area contributed by atoms with Crippen LogP contribution < -0.4 is 16.0 Å². The van der Waals surface area contributed by atoms with Crippen molar-refractivity contribution in [1.29, 1.82) is 0 Å². The van der Waals surface area contributed by atoms with Gasteiger partial charge in [0.25, 0.3) is 0 Å². The first-order valence-electron chi connectivity index (χ1n) is 6.29. The van der Waals surface area contributed by atoms with E-state index in [2.05, 4.69) is 32.8 Å². The zero-order valence-corrected chi connectivity index (χ0v) is 10.8. The summed E-state index contributed by atoms with van der Waals surface area (Å²) in [5.74, 6) is 1.51. The molecule has 3 N–H and O–H groups in total. The van der Waals surface area contributed by atoms with Crippen molar-refractivity contribution >= 4 is 17.7 Å². The highest BCUT2D eigenvalue weighted by molar-refractivity contribution is 5.79. The van der Waals surface area contributed by atoms with E-state index in [0.29, 0.717) is 18.9 Å². The van der Waals surface area contributed by atoms with Gasteiger partial charge in [-0.15, -0.1) is 0 Å². The molecule has 98 valence electrons. The Labute approximate surface area is 107 Å². The summed E-state index contributed by atoms with van der Waals surface area (Å²) in [6, 6.07) is 0.116. The van der Waals surface area contributed by atoms with Crippen LogP contribution in [0.2, 0.25) is 0 Å². The minimum Gasteiger partial charge on any atom is -0.365 e. The van der Waals surface area contributed by atoms with Gasteiger partial charge in [0.05, 0.1) is 6.04 Å². The van der Waals surface area contributed by atoms with Crippen molar-refractivity contribution < 1.29 is 4.79 Å². The Bertz CT molecular complexity index is 434. The van der Waals surface area contributed by atoms with E-state index in [1.165, 1.54) is 0 Å². The van der Waals surface area contributed by atoms with E-state index in [0.717, 1.165) is 24.3 Å². The summed E-state index contributed by atoms with van der Waals surface area (Å²) in [4.78, 5) is 19.8. The molecule has 1 fully saturated rings. The molecule has 0 spiro atoms. The fourth-order valence-electron chi connectivity index (χ4n) is 1.81. The molecule has 0 aliphatic carbocycles. The molecular weight excluding hydrogens is 230 g/mol. The summed E-state index contributed by atoms with van der Waals surface area (Å²) in [6.07, 6.45) is 3.32. The highest BCUT2D eigenvalue weighted by atomic mass is 16.1. The maximum absolute atomic E-state index is 11.1. The Morgan fingerprint density at radius 2 is 2.39 bits per heavy atom. The standard InChI is InChI=1S/C12H19N5O/c1-3-4-13-12-15-6-8(2)11(17-12)16-9-5-10(18)14-7-9/h6,9H,3-5,7H2,1-2H3,(H,14,18)(H2,13,15,16,17). The first kappa shape index (κ1) is 12.6. The third-order valence-electron chi connectivity index (χ3n) is 2.82. The average Bonchev–Trinajstić information content (AvgIpc) is 2.76. The monoisotopic (exact) mass is 249 g/mol. The minimum absolute atomic E-state index is 0.0866. The predicted octanol–water partition coefficient (Wildman–Crippen LogP) is 0.907. The first-order valence-corrected chi connectivity index (χ1v) is 6.29. The molecule has 1 atom stereocenters. The number of anilines is 2. The molecular formula is C12H19N5O. The van der Waals surface area contributed by atoms with Gasteiger partial charge in [-0.05, 0) is 13.3 Å². The van der Waals surface area contributed by atoms with E-state index < -0.39 is 0 Å². The number of carbonyl (C=O) groups is 1. The predicted molar refractivity (Wildman–Crippen MR) is 70.6 cm³/mol. The number of aromatic nitrogens is 2. The zero-order chi connectivity index (χ0) is 13.0. The molecule has 0 bridgehead atoms. The largest absolute Gasteiger partial charge is 0.365 e. The smallest absolute Gasteiger partial charge is 0.224 e. The van der Waals surface area contributed by atoms with E-state index in [1.54, 1.807) is 6.20 Å². The van der Waals surface area contributed by atoms with Crippen LogP contribution in [0.4, 0.5) is 11.8 Å². The number of aryl methyl sites for hydroxylation is 1. The van der Waals surface area contributed by atoms with E-state index in [4.69, 9.17) is 0 Å². The zero-order valence-electron chi connectivity index (χ0n) is 10.8. The molecule has 1 unspecified atom stereocenters. The maximum atomic E-state index is 11.1. The number of amides is 1. The maximum Gasteiger partial charge on any atom is 0.224 e. The van der Waals surface area contributed by atoms with E-state index in [9.17, 15) is 4.79 Å². The van der Waals surface area contributed by atoms with Crippen molar-refractivity contribution in [3.05, 3.63) is 11.8 Å². The fraction of sp³-hybridized carbons (Fsp3) is 0.583. The molecule has 6 heteroatoms. The van der Waals surface area contributed by atoms with Crippen LogP contribution in [0.25, 0.3) is 0 Å². The lowest BCUT2D eigenvalue weighted by molar-refractivity contribution is -0.119. The fourth-order valence-corrected chi connectivity index (χ4v) is 1.81. The van der Waals surface area contributed by atoms with E-state index >= 15 is 0 Å². The number of hydrogen-bond donors (Lipinski definition) is 3. The van der Waals surface area contributed by atoms with E-state index in [-0.39, 0.29) is 11.9 Å². The third-order valence-corrected chi connectivity index (χ3v) is 2.82. The number of nitrogens with zero attached hydrogens (tertiary/aromatic N) is 2. The molecule has 1 aliphatic heterocycles. The molecule has 1 amide bonds. The quantitative estimate of drug-likeness (QED) is 0.723. The summed E-state index contributed by atoms with van der Waals surface area (Å²) < 4.78 is 0. The van der Waals surface area contributed by atoms with Gasteiger partial charge in [0.1, 0.15) is 5.82 Å². The number of rotatable bonds is 5. The minimum atomic E-state index is 0.0866. The Hall–Kier alpha value is -1.85. The van der Waals surface area contributed by atoms with Crippen LogP contribution >= 0.6 is 0 Å². The van der Waals surface area contributed by atoms with Gasteiger partial charge in [-0.1, -0.05) is 6.92 Å². The van der Waals surface area contributed by atoms with Crippen LogP contribution in [0, 0.1) is 6.92 Å². The molecule has 0 radical (unpaired) electrons. The molecule has 1 saturated heterocycles. The van der Waals surface area contributed by atoms with Crippen LogP contribution in [0.3, 0.4) is 0 Å². The topological polar surface area (TPSA) is 78.9 Å². The van der Waals surface area contributed by atoms with Gasteiger partial charge >= 0.3 is 0 Å². The summed E-state index contributed by atoms with van der Waals surface area (Å²) in [5, 5.41) is 9.23. The van der Waals surface area contributed by atoms with Crippen LogP contribution in [-0.4, -0.2) is 35.0 Å². The summed E-state index contributed by atoms with van der Waals surface area (Å²) in [5.41, 5.74) is 0.983. The van der Waals surface area contributed by atoms with Gasteiger partial charge in [0.15, 0.2) is 0 Å². The Morgan fingerprint density at radius 3 is 3.06 bits per heavy atom. The number of hydrogen-bond acceptors (Lipinski definition) is 5. The van der Waals surface area contributed by atoms with Crippen LogP contribution in [0.15, 0.2) is 6.20 Å². The second-order valence-electron chi connectivity index (χ2n) is 4.50. The molecule has 2 rings (SSSR count). The Morgan fingerprint density at radius 1 is 1.56 bits per heavy atom. The highest BCUT2D eigenvalue weighted by Crippen LogP contribution is 2.15. The average molecular weight is 249 g/mol. The van der Waals surface area contributed by atoms with Gasteiger partial charge < -0.3 is 16.0 Å². The number of nitrogens with one attached hydrogen (secondary N) is 3. The molecule has 2 heterocycles. The molecule has 0 saturated carbocycles. The molecule has 1 aliphatic rings. The van der Waals surface area contributed by atoms with Crippen molar-refractivity contribution in [1.82, 2.24) is 15.3 Å². The first-order chi connectivity index (χ1) is 8.69. The molecule has 18 heavy (non-hydrogen) atoms. The number of carbonyl (C=O) groups excluding carboxylic acids is 1. The van der Waals surface area contributed by atoms with Crippen molar-refractivity contribution in [2.24, 2.45) is 0 Å². The molecule has 6 nitrogen and oxygen atoms in total. The Kier molecular flexibility index (Phi) is 3.96. The van der Waals surface area contributed by atoms with Gasteiger partial charge in [0, 0.05) is 31.3 Å². The van der Waals surface area contributed by atoms with E-state index in [1.807, 2.05) is 6.92 Å². The molecule has 1 aromatic rings. The van der Waals surface area contributed by atoms with Gasteiger partial charge in [-0.25, -0.2) is 4.98 Å². The SMILES string of the molecule is CCCNc1ncc(C)c(NC2CNC(=O)C2)n1. The van der Waals surface area contributed by atoms with Gasteiger partial charge in [-0.2, -0.15) is 4.98 Å². The summed E-state index contributed by atoms with van der Waals surface area (Å²) >= 11 is 0. The lowest BCUT2D eigenvalue weighted by atomic mass is 10.2. The molecule has 1 aromatic heterocycles. The van der Waals surface area contributed by atoms with Gasteiger partial charge in [0.2, 0.25) is 11.9 Å². The van der Waals surface area contributed by atoms with Crippen molar-refractivity contribution in [3.8, 4) is 0 Å². The van der Waals surface area contributed by atoms with Crippen LogP contribution in [-0.2, 0) is 4.79 Å². The van der Waals surface area contributed by atoms with Gasteiger partial charge in [-0.3, -0.25) is 4.79 Å². The highest BCUT2D eigenvalue weighted by Gasteiger charge is 2.22. The third kappa shape index (κ3) is 3.09. The summed E-state index contributed by atoms with van der Waals surface area (Å²) in [6.45, 7) is 5.55. The second kappa shape index (κ2) is 5.66. The Balaban J connectivity index is 2.03. The lowest BCUT2D eigenvalue weighted by Gasteiger charge is -2.14. The molecule has 0 aromatic carbocycles. The van der Waals surface area contributed by atoms with Crippen LogP contribution in [0.5, 0.6) is 0 Å². The van der Waals surface area contributed by atoms with Crippen molar-refractivity contribution in [2.45, 2.75) is 32.7 Å². The second-order valence-corrected chi connectivity index (χ2v) is 4.50. The van der Waals surface area contributed by atoms with Crippen molar-refractivity contribution in [3.63, 3.8) is 0 Å². The van der Waals surface area contributed by atoms with Crippen LogP contribution in [0.1, 0.15) is 25.3 Å².